The number of aliphatic hydroxyl groups is 2. The number of aliphatic hydroxyl groups excluding tert-OH is 2. The highest BCUT2D eigenvalue weighted by molar-refractivity contribution is 5.84. The molecule has 0 heterocycles. The lowest BCUT2D eigenvalue weighted by atomic mass is 9.46. The van der Waals surface area contributed by atoms with Crippen molar-refractivity contribution in [1.82, 2.24) is 5.32 Å². The Morgan fingerprint density at radius 1 is 1.05 bits per heavy atom. The van der Waals surface area contributed by atoms with E-state index in [9.17, 15) is 24.2 Å². The standard InChI is InChI=1S/C30H39FN2O6/c1-29-15-14-26(39-28(37)33-21-8-10-22(38-3)11-9-21)30(2,18-34)25(29)13-12-24(35)23(29)16-27(36)32-17-19-4-6-20(31)7-5-19/h4-11,23-26,34-35H,12-18H2,1-3H3,(H,32,36)(H,33,37). The van der Waals surface area contributed by atoms with Gasteiger partial charge >= 0.3 is 6.09 Å². The predicted molar refractivity (Wildman–Crippen MR) is 145 cm³/mol. The zero-order chi connectivity index (χ0) is 28.2. The summed E-state index contributed by atoms with van der Waals surface area (Å²) in [7, 11) is 1.57. The number of halogens is 1. The maximum atomic E-state index is 13.2. The van der Waals surface area contributed by atoms with Crippen molar-refractivity contribution in [3.8, 4) is 5.75 Å². The van der Waals surface area contributed by atoms with Crippen LogP contribution in [0.4, 0.5) is 14.9 Å². The molecule has 0 saturated heterocycles. The van der Waals surface area contributed by atoms with E-state index in [0.29, 0.717) is 37.1 Å². The fourth-order valence-electron chi connectivity index (χ4n) is 6.81. The molecule has 4 rings (SSSR count). The van der Waals surface area contributed by atoms with Crippen LogP contribution >= 0.6 is 0 Å². The average molecular weight is 543 g/mol. The van der Waals surface area contributed by atoms with Crippen LogP contribution in [0, 0.1) is 28.5 Å². The van der Waals surface area contributed by atoms with Gasteiger partial charge in [-0.1, -0.05) is 26.0 Å². The first kappa shape index (κ1) is 28.8. The van der Waals surface area contributed by atoms with Crippen LogP contribution in [0.5, 0.6) is 5.75 Å². The molecule has 2 aliphatic rings. The molecule has 2 aromatic carbocycles. The van der Waals surface area contributed by atoms with Crippen LogP contribution in [-0.2, 0) is 16.1 Å². The van der Waals surface area contributed by atoms with Crippen LogP contribution in [0.15, 0.2) is 48.5 Å². The first-order chi connectivity index (χ1) is 18.6. The minimum atomic E-state index is -0.743. The van der Waals surface area contributed by atoms with Gasteiger partial charge in [0.2, 0.25) is 5.91 Å². The maximum absolute atomic E-state index is 13.2. The summed E-state index contributed by atoms with van der Waals surface area (Å²) in [6, 6.07) is 12.9. The van der Waals surface area contributed by atoms with Gasteiger partial charge in [0.1, 0.15) is 17.7 Å². The molecule has 2 aliphatic carbocycles. The minimum absolute atomic E-state index is 0.0687. The highest BCUT2D eigenvalue weighted by Gasteiger charge is 2.60. The van der Waals surface area contributed by atoms with Gasteiger partial charge in [-0.05, 0) is 84.9 Å². The smallest absolute Gasteiger partial charge is 0.411 e. The second-order valence-corrected chi connectivity index (χ2v) is 11.4. The Hall–Kier alpha value is -3.17. The second kappa shape index (κ2) is 11.9. The molecule has 39 heavy (non-hydrogen) atoms. The summed E-state index contributed by atoms with van der Waals surface area (Å²) in [6.07, 6.45) is 0.658. The number of carbonyl (C=O) groups is 2. The van der Waals surface area contributed by atoms with E-state index in [-0.39, 0.29) is 43.1 Å². The van der Waals surface area contributed by atoms with Crippen molar-refractivity contribution in [3.05, 3.63) is 59.9 Å². The monoisotopic (exact) mass is 542 g/mol. The predicted octanol–water partition coefficient (Wildman–Crippen LogP) is 4.64. The molecule has 8 nitrogen and oxygen atoms in total. The Bertz CT molecular complexity index is 1140. The van der Waals surface area contributed by atoms with Gasteiger partial charge in [0.05, 0.1) is 19.8 Å². The van der Waals surface area contributed by atoms with E-state index in [1.807, 2.05) is 6.92 Å². The normalized spacial score (nSPS) is 30.1. The molecule has 2 fully saturated rings. The van der Waals surface area contributed by atoms with Crippen LogP contribution in [0.25, 0.3) is 0 Å². The molecule has 0 spiro atoms. The molecule has 9 heteroatoms. The molecule has 212 valence electrons. The number of benzene rings is 2. The Kier molecular flexibility index (Phi) is 8.81. The van der Waals surface area contributed by atoms with Gasteiger partial charge in [0.25, 0.3) is 0 Å². The second-order valence-electron chi connectivity index (χ2n) is 11.4. The number of hydrogen-bond donors (Lipinski definition) is 4. The lowest BCUT2D eigenvalue weighted by Crippen LogP contribution is -2.61. The molecule has 2 saturated carbocycles. The van der Waals surface area contributed by atoms with E-state index in [4.69, 9.17) is 9.47 Å². The minimum Gasteiger partial charge on any atom is -0.497 e. The van der Waals surface area contributed by atoms with Crippen LogP contribution in [0.2, 0.25) is 0 Å². The summed E-state index contributed by atoms with van der Waals surface area (Å²) in [5.41, 5.74) is 0.179. The Morgan fingerprint density at radius 3 is 2.38 bits per heavy atom. The van der Waals surface area contributed by atoms with Crippen LogP contribution in [0.3, 0.4) is 0 Å². The number of nitrogens with one attached hydrogen (secondary N) is 2. The van der Waals surface area contributed by atoms with Crippen molar-refractivity contribution in [2.24, 2.45) is 22.7 Å². The Morgan fingerprint density at radius 2 is 1.74 bits per heavy atom. The number of hydrogen-bond acceptors (Lipinski definition) is 6. The third kappa shape index (κ3) is 6.20. The molecular formula is C30H39FN2O6. The van der Waals surface area contributed by atoms with Gasteiger partial charge in [-0.15, -0.1) is 0 Å². The SMILES string of the molecule is COc1ccc(NC(=O)OC2CCC3(C)C(CC(=O)NCc4ccc(F)cc4)C(O)CCC3C2(C)CO)cc1. The van der Waals surface area contributed by atoms with E-state index in [0.717, 1.165) is 5.56 Å². The van der Waals surface area contributed by atoms with Crippen LogP contribution in [-0.4, -0.2) is 48.1 Å². The zero-order valence-corrected chi connectivity index (χ0v) is 22.8. The van der Waals surface area contributed by atoms with Crippen molar-refractivity contribution >= 4 is 17.7 Å². The summed E-state index contributed by atoms with van der Waals surface area (Å²) in [6.45, 7) is 4.10. The van der Waals surface area contributed by atoms with Crippen molar-refractivity contribution in [1.29, 1.82) is 0 Å². The van der Waals surface area contributed by atoms with E-state index in [1.165, 1.54) is 12.1 Å². The summed E-state index contributed by atoms with van der Waals surface area (Å²) in [5.74, 6) is -0.232. The van der Waals surface area contributed by atoms with Crippen molar-refractivity contribution in [2.45, 2.75) is 64.7 Å². The first-order valence-electron chi connectivity index (χ1n) is 13.5. The summed E-state index contributed by atoms with van der Waals surface area (Å²) >= 11 is 0. The summed E-state index contributed by atoms with van der Waals surface area (Å²) < 4.78 is 24.2. The number of methoxy groups -OCH3 is 1. The molecule has 6 unspecified atom stereocenters. The van der Waals surface area contributed by atoms with E-state index >= 15 is 0 Å². The number of fused-ring (bicyclic) bond motifs is 1. The topological polar surface area (TPSA) is 117 Å². The maximum Gasteiger partial charge on any atom is 0.411 e. The average Bonchev–Trinajstić information content (AvgIpc) is 2.92. The highest BCUT2D eigenvalue weighted by Crippen LogP contribution is 2.61. The Labute approximate surface area is 228 Å². The molecule has 2 amide bonds. The van der Waals surface area contributed by atoms with Gasteiger partial charge in [-0.2, -0.15) is 0 Å². The van der Waals surface area contributed by atoms with E-state index in [2.05, 4.69) is 17.6 Å². The third-order valence-electron chi connectivity index (χ3n) is 9.07. The summed E-state index contributed by atoms with van der Waals surface area (Å²) in [5, 5.41) is 27.2. The quantitative estimate of drug-likeness (QED) is 0.386. The van der Waals surface area contributed by atoms with Crippen molar-refractivity contribution in [3.63, 3.8) is 0 Å². The van der Waals surface area contributed by atoms with Gasteiger partial charge in [-0.3, -0.25) is 10.1 Å². The molecule has 6 atom stereocenters. The number of carbonyl (C=O) groups excluding carboxylic acids is 2. The van der Waals surface area contributed by atoms with Crippen LogP contribution < -0.4 is 15.4 Å². The Balaban J connectivity index is 1.43. The van der Waals surface area contributed by atoms with Crippen molar-refractivity contribution < 1.29 is 33.7 Å². The third-order valence-corrected chi connectivity index (χ3v) is 9.07. The molecule has 0 aromatic heterocycles. The number of ether oxygens (including phenoxy) is 2. The largest absolute Gasteiger partial charge is 0.497 e. The fraction of sp³-hybridized carbons (Fsp3) is 0.533. The van der Waals surface area contributed by atoms with E-state index in [1.54, 1.807) is 43.5 Å². The molecule has 0 aliphatic heterocycles. The van der Waals surface area contributed by atoms with Gasteiger partial charge in [0, 0.05) is 24.1 Å². The molecule has 0 radical (unpaired) electrons. The van der Waals surface area contributed by atoms with Gasteiger partial charge in [-0.25, -0.2) is 9.18 Å². The lowest BCUT2D eigenvalue weighted by Gasteiger charge is -2.60. The first-order valence-corrected chi connectivity index (χ1v) is 13.5. The van der Waals surface area contributed by atoms with Gasteiger partial charge < -0.3 is 25.0 Å². The fourth-order valence-corrected chi connectivity index (χ4v) is 6.81. The molecular weight excluding hydrogens is 503 g/mol. The number of amides is 2. The highest BCUT2D eigenvalue weighted by atomic mass is 19.1. The van der Waals surface area contributed by atoms with Gasteiger partial charge in [0.15, 0.2) is 0 Å². The number of anilines is 1. The molecule has 0 bridgehead atoms. The van der Waals surface area contributed by atoms with E-state index < -0.39 is 29.1 Å². The van der Waals surface area contributed by atoms with Crippen molar-refractivity contribution in [2.75, 3.05) is 19.0 Å². The molecule has 2 aromatic rings. The lowest BCUT2D eigenvalue weighted by molar-refractivity contribution is -0.185. The van der Waals surface area contributed by atoms with Crippen LogP contribution in [0.1, 0.15) is 51.5 Å². The number of rotatable bonds is 8. The zero-order valence-electron chi connectivity index (χ0n) is 22.8. The molecule has 4 N–H and O–H groups in total. The summed E-state index contributed by atoms with van der Waals surface area (Å²) in [4.78, 5) is 25.7.